The number of carbonyl (C=O) groups is 1. The fourth-order valence-corrected chi connectivity index (χ4v) is 3.33. The number of rotatable bonds is 7. The molecule has 4 aromatic rings. The van der Waals surface area contributed by atoms with Crippen molar-refractivity contribution >= 4 is 22.6 Å². The summed E-state index contributed by atoms with van der Waals surface area (Å²) in [4.78, 5) is 12.7. The van der Waals surface area contributed by atoms with Gasteiger partial charge in [-0.3, -0.25) is 0 Å². The van der Waals surface area contributed by atoms with E-state index in [4.69, 9.17) is 19.1 Å². The number of hydrogen-bond donors (Lipinski definition) is 2. The van der Waals surface area contributed by atoms with E-state index < -0.39 is 11.2 Å². The summed E-state index contributed by atoms with van der Waals surface area (Å²) in [5.74, 6) is 0.506. The number of furan rings is 1. The maximum Gasteiger partial charge on any atom is 0.342 e. The second-order valence-electron chi connectivity index (χ2n) is 6.84. The van der Waals surface area contributed by atoms with E-state index in [9.17, 15) is 10.0 Å². The zero-order valence-corrected chi connectivity index (χ0v) is 16.8. The zero-order valence-electron chi connectivity index (χ0n) is 16.8. The number of carbonyl (C=O) groups excluding carboxylic acids is 1. The van der Waals surface area contributed by atoms with E-state index in [-0.39, 0.29) is 18.9 Å². The van der Waals surface area contributed by atoms with Crippen LogP contribution in [0.3, 0.4) is 0 Å². The number of hydrogen-bond acceptors (Lipinski definition) is 6. The van der Waals surface area contributed by atoms with Crippen LogP contribution in [0.25, 0.3) is 22.3 Å². The van der Waals surface area contributed by atoms with Crippen molar-refractivity contribution in [3.8, 4) is 17.1 Å². The van der Waals surface area contributed by atoms with Gasteiger partial charge in [0, 0.05) is 23.1 Å². The smallest absolute Gasteiger partial charge is 0.342 e. The molecule has 31 heavy (non-hydrogen) atoms. The summed E-state index contributed by atoms with van der Waals surface area (Å²) in [6.07, 6.45) is 0. The van der Waals surface area contributed by atoms with Crippen molar-refractivity contribution in [3.63, 3.8) is 0 Å². The van der Waals surface area contributed by atoms with Crippen LogP contribution in [0.1, 0.15) is 22.8 Å². The molecule has 0 fully saturated rings. The molecule has 1 unspecified atom stereocenters. The summed E-state index contributed by atoms with van der Waals surface area (Å²) in [6.45, 7) is 2.18. The maximum atomic E-state index is 12.7. The van der Waals surface area contributed by atoms with Gasteiger partial charge in [0.1, 0.15) is 29.3 Å². The van der Waals surface area contributed by atoms with E-state index in [1.807, 2.05) is 30.3 Å². The molecule has 0 amide bonds. The Kier molecular flexibility index (Phi) is 5.99. The normalized spacial score (nSPS) is 12.0. The first-order chi connectivity index (χ1) is 15.1. The molecule has 0 aliphatic carbocycles. The highest BCUT2D eigenvalue weighted by Crippen LogP contribution is 2.36. The minimum absolute atomic E-state index is 0.185. The monoisotopic (exact) mass is 419 g/mol. The van der Waals surface area contributed by atoms with Crippen molar-refractivity contribution in [1.29, 1.82) is 0 Å². The Morgan fingerprint density at radius 3 is 2.61 bits per heavy atom. The molecule has 7 heteroatoms. The topological polar surface area (TPSA) is 96.4 Å². The third-order valence-electron chi connectivity index (χ3n) is 4.75. The van der Waals surface area contributed by atoms with Gasteiger partial charge in [-0.15, -0.1) is 0 Å². The fraction of sp³-hybridized carbons (Fsp3) is 0.125. The predicted octanol–water partition coefficient (Wildman–Crippen LogP) is 4.26. The van der Waals surface area contributed by atoms with Crippen LogP contribution in [0, 0.1) is 5.21 Å². The third kappa shape index (κ3) is 4.44. The summed E-state index contributed by atoms with van der Waals surface area (Å²) in [7, 11) is 0. The Balaban J connectivity index is 1.68. The Labute approximate surface area is 178 Å². The van der Waals surface area contributed by atoms with Gasteiger partial charge in [-0.1, -0.05) is 42.5 Å². The first-order valence-electron chi connectivity index (χ1n) is 9.81. The third-order valence-corrected chi connectivity index (χ3v) is 4.75. The minimum atomic E-state index is -0.991. The molecule has 0 spiro atoms. The van der Waals surface area contributed by atoms with Gasteiger partial charge in [0.15, 0.2) is 5.69 Å². The average molecular weight is 419 g/mol. The largest absolute Gasteiger partial charge is 0.595 e. The molecule has 0 aliphatic heterocycles. The quantitative estimate of drug-likeness (QED) is 0.343. The maximum absolute atomic E-state index is 12.7. The molecule has 4 rings (SSSR count). The van der Waals surface area contributed by atoms with Crippen molar-refractivity contribution in [1.82, 2.24) is 0 Å². The number of quaternary nitrogens is 1. The van der Waals surface area contributed by atoms with Crippen LogP contribution in [0.2, 0.25) is 0 Å². The average Bonchev–Trinajstić information content (AvgIpc) is 3.17. The summed E-state index contributed by atoms with van der Waals surface area (Å²) in [6, 6.07) is 21.2. The molecule has 0 aliphatic rings. The highest BCUT2D eigenvalue weighted by atomic mass is 16.8. The minimum Gasteiger partial charge on any atom is -0.595 e. The first kappa shape index (κ1) is 20.6. The van der Waals surface area contributed by atoms with Gasteiger partial charge in [0.2, 0.25) is 0 Å². The Morgan fingerprint density at radius 2 is 1.87 bits per heavy atom. The van der Waals surface area contributed by atoms with E-state index in [2.05, 4.69) is 0 Å². The van der Waals surface area contributed by atoms with Gasteiger partial charge in [-0.05, 0) is 30.7 Å². The molecule has 0 radical (unpaired) electrons. The summed E-state index contributed by atoms with van der Waals surface area (Å²) >= 11 is 0. The van der Waals surface area contributed by atoms with Crippen LogP contribution in [0.5, 0.6) is 5.75 Å². The van der Waals surface area contributed by atoms with E-state index in [0.717, 1.165) is 11.1 Å². The predicted molar refractivity (Wildman–Crippen MR) is 114 cm³/mol. The standard InChI is InChI=1S/C24H21NO6/c1-2-29-24(26)22-20-14-19(30-15-16-7-6-10-18(13-16)25(27)28)11-12-21(20)31-23(22)17-8-4-3-5-9-17/h3-14,25,27H,2,15H2,1H3. The number of ether oxygens (including phenoxy) is 2. The second kappa shape index (κ2) is 9.01. The van der Waals surface area contributed by atoms with Gasteiger partial charge in [0.05, 0.1) is 6.61 Å². The molecule has 0 saturated heterocycles. The molecule has 3 aromatic carbocycles. The first-order valence-corrected chi connectivity index (χ1v) is 9.81. The van der Waals surface area contributed by atoms with E-state index in [0.29, 0.717) is 28.0 Å². The Morgan fingerprint density at radius 1 is 1.06 bits per heavy atom. The van der Waals surface area contributed by atoms with Crippen LogP contribution in [0.4, 0.5) is 5.69 Å². The Bertz CT molecular complexity index is 1200. The van der Waals surface area contributed by atoms with E-state index >= 15 is 0 Å². The lowest BCUT2D eigenvalue weighted by Crippen LogP contribution is -2.99. The van der Waals surface area contributed by atoms with Crippen molar-refractivity contribution in [3.05, 3.63) is 89.1 Å². The number of esters is 1. The highest BCUT2D eigenvalue weighted by Gasteiger charge is 2.23. The highest BCUT2D eigenvalue weighted by molar-refractivity contribution is 6.09. The fourth-order valence-electron chi connectivity index (χ4n) is 3.33. The number of benzene rings is 3. The molecule has 1 heterocycles. The lowest BCUT2D eigenvalue weighted by Gasteiger charge is -2.12. The van der Waals surface area contributed by atoms with Gasteiger partial charge < -0.3 is 19.1 Å². The SMILES string of the molecule is CCOC(=O)c1c(-c2ccccc2)oc2ccc(OCc3cccc([NH+]([O-])O)c3)cc12. The molecule has 158 valence electrons. The Hall–Kier alpha value is -3.65. The summed E-state index contributed by atoms with van der Waals surface area (Å²) < 4.78 is 17.1. The second-order valence-corrected chi connectivity index (χ2v) is 6.84. The lowest BCUT2D eigenvalue weighted by molar-refractivity contribution is -0.991. The van der Waals surface area contributed by atoms with Crippen molar-refractivity contribution in [2.75, 3.05) is 6.61 Å². The van der Waals surface area contributed by atoms with Gasteiger partial charge in [0.25, 0.3) is 0 Å². The van der Waals surface area contributed by atoms with Gasteiger partial charge >= 0.3 is 5.97 Å². The molecule has 2 N–H and O–H groups in total. The lowest BCUT2D eigenvalue weighted by atomic mass is 10.1. The molecule has 1 aromatic heterocycles. The van der Waals surface area contributed by atoms with Gasteiger partial charge in [-0.25, -0.2) is 10.0 Å². The molecule has 0 bridgehead atoms. The van der Waals surface area contributed by atoms with Gasteiger partial charge in [-0.2, -0.15) is 5.23 Å². The van der Waals surface area contributed by atoms with Crippen molar-refractivity contribution in [2.45, 2.75) is 13.5 Å². The van der Waals surface area contributed by atoms with Crippen LogP contribution < -0.4 is 9.96 Å². The molecule has 7 nitrogen and oxygen atoms in total. The van der Waals surface area contributed by atoms with E-state index in [1.54, 1.807) is 43.3 Å². The molecule has 0 saturated carbocycles. The zero-order chi connectivity index (χ0) is 21.8. The molecular weight excluding hydrogens is 398 g/mol. The molecular formula is C24H21NO6. The summed E-state index contributed by atoms with van der Waals surface area (Å²) in [5, 5.41) is 19.9. The van der Waals surface area contributed by atoms with Crippen LogP contribution in [0.15, 0.2) is 77.2 Å². The van der Waals surface area contributed by atoms with Crippen molar-refractivity contribution < 1.29 is 29.1 Å². The van der Waals surface area contributed by atoms with Crippen LogP contribution in [-0.2, 0) is 11.3 Å². The number of fused-ring (bicyclic) bond motifs is 1. The number of nitrogens with one attached hydrogen (secondary N) is 1. The van der Waals surface area contributed by atoms with Crippen LogP contribution >= 0.6 is 0 Å². The van der Waals surface area contributed by atoms with Crippen LogP contribution in [-0.4, -0.2) is 17.8 Å². The van der Waals surface area contributed by atoms with E-state index in [1.165, 1.54) is 6.07 Å². The van der Waals surface area contributed by atoms with Crippen molar-refractivity contribution in [2.24, 2.45) is 0 Å². The summed E-state index contributed by atoms with van der Waals surface area (Å²) in [5.41, 5.74) is 2.59. The molecule has 1 atom stereocenters.